The van der Waals surface area contributed by atoms with E-state index in [1.54, 1.807) is 35.2 Å². The maximum Gasteiger partial charge on any atom is 0.410 e. The molecule has 1 fully saturated rings. The molecule has 0 aliphatic carbocycles. The predicted octanol–water partition coefficient (Wildman–Crippen LogP) is 7.98. The molecule has 48 heavy (non-hydrogen) atoms. The third-order valence-electron chi connectivity index (χ3n) is 8.08. The summed E-state index contributed by atoms with van der Waals surface area (Å²) >= 11 is 0. The van der Waals surface area contributed by atoms with Gasteiger partial charge in [0.1, 0.15) is 12.2 Å². The van der Waals surface area contributed by atoms with E-state index < -0.39 is 31.6 Å². The quantitative estimate of drug-likeness (QED) is 0.182. The van der Waals surface area contributed by atoms with Gasteiger partial charge in [-0.05, 0) is 75.7 Å². The smallest absolute Gasteiger partial charge is 0.410 e. The summed E-state index contributed by atoms with van der Waals surface area (Å²) in [6, 6.07) is 10.6. The SMILES string of the molecule is CC(=O)Nc1cccc(Nc2nc(Nc3ccc(OC[C@@H]4CC(O[Si](C)(C)C(C)(C)C)CN4C(=O)OC(C)(C)C)c(F)c3)ncc2F)c1. The molecule has 1 saturated heterocycles. The molecule has 260 valence electrons. The number of hydrogen-bond donors (Lipinski definition) is 3. The number of ether oxygens (including phenoxy) is 2. The van der Waals surface area contributed by atoms with Crippen LogP contribution in [0.25, 0.3) is 0 Å². The minimum absolute atomic E-state index is 0.000106. The van der Waals surface area contributed by atoms with E-state index in [-0.39, 0.29) is 47.2 Å². The van der Waals surface area contributed by atoms with Crippen LogP contribution < -0.4 is 20.7 Å². The molecule has 4 rings (SSSR count). The molecule has 1 unspecified atom stereocenters. The largest absolute Gasteiger partial charge is 0.488 e. The van der Waals surface area contributed by atoms with Gasteiger partial charge in [-0.25, -0.2) is 18.6 Å². The number of aromatic nitrogens is 2. The zero-order chi connectivity index (χ0) is 35.4. The third-order valence-corrected chi connectivity index (χ3v) is 12.6. The van der Waals surface area contributed by atoms with Crippen LogP contribution >= 0.6 is 0 Å². The molecule has 1 aromatic heterocycles. The lowest BCUT2D eigenvalue weighted by atomic mass is 10.2. The fraction of sp³-hybridized carbons (Fsp3) is 0.471. The first-order valence-corrected chi connectivity index (χ1v) is 18.7. The number of likely N-dealkylation sites (tertiary alicyclic amines) is 1. The van der Waals surface area contributed by atoms with Crippen molar-refractivity contribution in [3.8, 4) is 5.75 Å². The maximum atomic E-state index is 15.3. The molecule has 1 aliphatic heterocycles. The molecule has 2 atom stereocenters. The second-order valence-electron chi connectivity index (χ2n) is 14.4. The highest BCUT2D eigenvalue weighted by atomic mass is 28.4. The fourth-order valence-electron chi connectivity index (χ4n) is 4.80. The van der Waals surface area contributed by atoms with Gasteiger partial charge >= 0.3 is 6.09 Å². The van der Waals surface area contributed by atoms with Crippen LogP contribution in [0.15, 0.2) is 48.7 Å². The summed E-state index contributed by atoms with van der Waals surface area (Å²) in [5.74, 6) is -1.68. The van der Waals surface area contributed by atoms with E-state index in [0.29, 0.717) is 30.0 Å². The first-order valence-electron chi connectivity index (χ1n) is 15.8. The van der Waals surface area contributed by atoms with Crippen LogP contribution in [0, 0.1) is 11.6 Å². The normalized spacial score (nSPS) is 16.8. The van der Waals surface area contributed by atoms with Crippen molar-refractivity contribution in [2.24, 2.45) is 0 Å². The van der Waals surface area contributed by atoms with E-state index in [1.165, 1.54) is 19.1 Å². The highest BCUT2D eigenvalue weighted by Gasteiger charge is 2.44. The van der Waals surface area contributed by atoms with E-state index >= 15 is 4.39 Å². The monoisotopic (exact) mass is 684 g/mol. The lowest BCUT2D eigenvalue weighted by molar-refractivity contribution is -0.114. The van der Waals surface area contributed by atoms with Gasteiger partial charge in [0.15, 0.2) is 31.5 Å². The van der Waals surface area contributed by atoms with E-state index in [0.717, 1.165) is 6.20 Å². The summed E-state index contributed by atoms with van der Waals surface area (Å²) in [5.41, 5.74) is 0.648. The van der Waals surface area contributed by atoms with Crippen molar-refractivity contribution in [3.63, 3.8) is 0 Å². The van der Waals surface area contributed by atoms with Gasteiger partial charge < -0.3 is 29.9 Å². The van der Waals surface area contributed by atoms with Gasteiger partial charge in [0.2, 0.25) is 11.9 Å². The highest BCUT2D eigenvalue weighted by molar-refractivity contribution is 6.74. The molecule has 2 amide bonds. The third kappa shape index (κ3) is 9.86. The summed E-state index contributed by atoms with van der Waals surface area (Å²) in [6.45, 7) is 18.0. The van der Waals surface area contributed by atoms with Crippen molar-refractivity contribution < 1.29 is 32.3 Å². The molecule has 11 nitrogen and oxygen atoms in total. The Morgan fingerprint density at radius 1 is 0.979 bits per heavy atom. The van der Waals surface area contributed by atoms with Gasteiger partial charge in [0.25, 0.3) is 0 Å². The van der Waals surface area contributed by atoms with E-state index in [2.05, 4.69) is 59.8 Å². The van der Waals surface area contributed by atoms with Crippen LogP contribution in [-0.2, 0) is 14.0 Å². The standard InChI is InChI=1S/C34H46F2N6O5Si/c1-21(43)38-22-11-10-12-23(15-22)39-30-28(36)18-37-31(41-30)40-24-13-14-29(27(35)16-24)45-20-25-17-26(47-48(8,9)34(5,6)7)19-42(25)32(44)46-33(2,3)4/h10-16,18,25-26H,17,19-20H2,1-9H3,(H,38,43)(H2,37,39,40,41)/t25-,26?/m0/s1. The molecule has 0 bridgehead atoms. The minimum Gasteiger partial charge on any atom is -0.488 e. The molecule has 3 N–H and O–H groups in total. The number of amides is 2. The average molecular weight is 685 g/mol. The molecule has 14 heteroatoms. The number of hydrogen-bond acceptors (Lipinski definition) is 9. The van der Waals surface area contributed by atoms with E-state index in [9.17, 15) is 14.0 Å². The zero-order valence-corrected chi connectivity index (χ0v) is 30.0. The van der Waals surface area contributed by atoms with Crippen LogP contribution in [0.1, 0.15) is 54.9 Å². The number of benzene rings is 2. The lowest BCUT2D eigenvalue weighted by Crippen LogP contribution is -2.45. The van der Waals surface area contributed by atoms with Crippen molar-refractivity contribution >= 4 is 49.1 Å². The minimum atomic E-state index is -2.11. The van der Waals surface area contributed by atoms with Crippen molar-refractivity contribution in [1.82, 2.24) is 14.9 Å². The van der Waals surface area contributed by atoms with Crippen molar-refractivity contribution in [1.29, 1.82) is 0 Å². The van der Waals surface area contributed by atoms with Crippen molar-refractivity contribution in [2.45, 2.75) is 90.8 Å². The summed E-state index contributed by atoms with van der Waals surface area (Å²) in [5, 5.41) is 8.41. The highest BCUT2D eigenvalue weighted by Crippen LogP contribution is 2.39. The van der Waals surface area contributed by atoms with Crippen LogP contribution in [-0.4, -0.2) is 66.1 Å². The number of nitrogens with one attached hydrogen (secondary N) is 3. The Balaban J connectivity index is 1.43. The molecule has 1 aliphatic rings. The van der Waals surface area contributed by atoms with Crippen LogP contribution in [0.2, 0.25) is 18.1 Å². The summed E-state index contributed by atoms with van der Waals surface area (Å²) < 4.78 is 48.0. The Hall–Kier alpha value is -4.30. The molecule has 2 aromatic carbocycles. The number of rotatable bonds is 10. The molecule has 3 aromatic rings. The average Bonchev–Trinajstić information content (AvgIpc) is 3.35. The molecule has 0 saturated carbocycles. The Kier molecular flexibility index (Phi) is 11.0. The summed E-state index contributed by atoms with van der Waals surface area (Å²) in [6.07, 6.45) is 0.859. The first kappa shape index (κ1) is 36.5. The number of carbonyl (C=O) groups excluding carboxylic acids is 2. The Morgan fingerprint density at radius 2 is 1.67 bits per heavy atom. The topological polar surface area (TPSA) is 127 Å². The number of halogens is 2. The Morgan fingerprint density at radius 3 is 2.31 bits per heavy atom. The molecular formula is C34H46F2N6O5Si. The van der Waals surface area contributed by atoms with E-state index in [1.807, 2.05) is 20.8 Å². The van der Waals surface area contributed by atoms with Gasteiger partial charge in [-0.1, -0.05) is 26.8 Å². The number of carbonyl (C=O) groups is 2. The van der Waals surface area contributed by atoms with Crippen molar-refractivity contribution in [2.75, 3.05) is 29.1 Å². The number of nitrogens with zero attached hydrogens (tertiary/aromatic N) is 3. The second-order valence-corrected chi connectivity index (χ2v) is 19.1. The van der Waals surface area contributed by atoms with Gasteiger partial charge in [0, 0.05) is 36.6 Å². The van der Waals surface area contributed by atoms with Gasteiger partial charge in [-0.15, -0.1) is 0 Å². The molecule has 0 radical (unpaired) electrons. The van der Waals surface area contributed by atoms with Gasteiger partial charge in [-0.3, -0.25) is 9.69 Å². The van der Waals surface area contributed by atoms with Crippen LogP contribution in [0.4, 0.5) is 42.4 Å². The summed E-state index contributed by atoms with van der Waals surface area (Å²) in [4.78, 5) is 34.3. The van der Waals surface area contributed by atoms with E-state index in [4.69, 9.17) is 13.9 Å². The maximum absolute atomic E-state index is 15.3. The molecular weight excluding hydrogens is 638 g/mol. The van der Waals surface area contributed by atoms with Gasteiger partial charge in [0.05, 0.1) is 18.3 Å². The van der Waals surface area contributed by atoms with Crippen LogP contribution in [0.3, 0.4) is 0 Å². The zero-order valence-electron chi connectivity index (χ0n) is 29.0. The molecule has 2 heterocycles. The lowest BCUT2D eigenvalue weighted by Gasteiger charge is -2.38. The fourth-order valence-corrected chi connectivity index (χ4v) is 6.15. The second kappa shape index (κ2) is 14.4. The Bertz CT molecular complexity index is 1630. The van der Waals surface area contributed by atoms with Gasteiger partial charge in [-0.2, -0.15) is 4.98 Å². The Labute approximate surface area is 281 Å². The van der Waals surface area contributed by atoms with Crippen molar-refractivity contribution in [3.05, 3.63) is 60.3 Å². The summed E-state index contributed by atoms with van der Waals surface area (Å²) in [7, 11) is -2.11. The van der Waals surface area contributed by atoms with Crippen LogP contribution in [0.5, 0.6) is 5.75 Å². The first-order chi connectivity index (χ1) is 22.3. The molecule has 0 spiro atoms. The predicted molar refractivity (Wildman–Crippen MR) is 185 cm³/mol. The number of anilines is 5.